The molecule has 1 N–H and O–H groups in total. The fraction of sp³-hybridized carbons (Fsp3) is 0.300. The molecule has 0 spiro atoms. The van der Waals surface area contributed by atoms with Crippen LogP contribution in [-0.4, -0.2) is 40.5 Å². The maximum Gasteiger partial charge on any atom is 0.260 e. The highest BCUT2D eigenvalue weighted by Gasteiger charge is 2.25. The SMILES string of the molecule is O=C(COc1ccccc1)N1CCC(c2c[nH]c3cccnc23)CC1. The third kappa shape index (κ3) is 3.36. The van der Waals surface area contributed by atoms with Gasteiger partial charge in [-0.05, 0) is 48.6 Å². The quantitative estimate of drug-likeness (QED) is 0.795. The third-order valence-corrected chi connectivity index (χ3v) is 4.86. The highest BCUT2D eigenvalue weighted by molar-refractivity contribution is 5.80. The first-order valence-electron chi connectivity index (χ1n) is 8.69. The van der Waals surface area contributed by atoms with Gasteiger partial charge in [0.25, 0.3) is 5.91 Å². The molecule has 3 heterocycles. The lowest BCUT2D eigenvalue weighted by Gasteiger charge is -2.31. The molecule has 1 aliphatic rings. The summed E-state index contributed by atoms with van der Waals surface area (Å²) in [7, 11) is 0. The summed E-state index contributed by atoms with van der Waals surface area (Å²) in [5, 5.41) is 0. The largest absolute Gasteiger partial charge is 0.484 e. The highest BCUT2D eigenvalue weighted by Crippen LogP contribution is 2.32. The molecule has 0 atom stereocenters. The zero-order chi connectivity index (χ0) is 17.1. The van der Waals surface area contributed by atoms with Crippen LogP contribution in [0.15, 0.2) is 54.9 Å². The molecule has 1 aliphatic heterocycles. The average molecular weight is 335 g/mol. The number of aromatic amines is 1. The highest BCUT2D eigenvalue weighted by atomic mass is 16.5. The number of fused-ring (bicyclic) bond motifs is 1. The first kappa shape index (κ1) is 15.7. The predicted molar refractivity (Wildman–Crippen MR) is 96.6 cm³/mol. The molecule has 1 fully saturated rings. The van der Waals surface area contributed by atoms with Crippen LogP contribution in [0.4, 0.5) is 0 Å². The second-order valence-electron chi connectivity index (χ2n) is 6.40. The number of rotatable bonds is 4. The summed E-state index contributed by atoms with van der Waals surface area (Å²) in [5.74, 6) is 1.23. The number of nitrogens with one attached hydrogen (secondary N) is 1. The van der Waals surface area contributed by atoms with Crippen LogP contribution >= 0.6 is 0 Å². The van der Waals surface area contributed by atoms with Gasteiger partial charge in [-0.25, -0.2) is 0 Å². The van der Waals surface area contributed by atoms with E-state index in [-0.39, 0.29) is 12.5 Å². The number of benzene rings is 1. The standard InChI is InChI=1S/C20H21N3O2/c24-19(14-25-16-5-2-1-3-6-16)23-11-8-15(9-12-23)17-13-22-18-7-4-10-21-20(17)18/h1-7,10,13,15,22H,8-9,11-12,14H2. The van der Waals surface area contributed by atoms with E-state index in [4.69, 9.17) is 4.74 Å². The number of likely N-dealkylation sites (tertiary alicyclic amines) is 1. The summed E-state index contributed by atoms with van der Waals surface area (Å²) in [6.07, 6.45) is 5.82. The minimum atomic E-state index is 0.0550. The Balaban J connectivity index is 1.34. The second-order valence-corrected chi connectivity index (χ2v) is 6.40. The first-order chi connectivity index (χ1) is 12.3. The van der Waals surface area contributed by atoms with Crippen molar-refractivity contribution in [1.82, 2.24) is 14.9 Å². The van der Waals surface area contributed by atoms with E-state index in [1.807, 2.05) is 53.6 Å². The van der Waals surface area contributed by atoms with Crippen molar-refractivity contribution in [1.29, 1.82) is 0 Å². The average Bonchev–Trinajstić information content (AvgIpc) is 3.11. The Hall–Kier alpha value is -2.82. The minimum absolute atomic E-state index is 0.0550. The van der Waals surface area contributed by atoms with Crippen molar-refractivity contribution >= 4 is 16.9 Å². The third-order valence-electron chi connectivity index (χ3n) is 4.86. The lowest BCUT2D eigenvalue weighted by Crippen LogP contribution is -2.40. The summed E-state index contributed by atoms with van der Waals surface area (Å²) in [5.41, 5.74) is 3.40. The molecule has 0 bridgehead atoms. The van der Waals surface area contributed by atoms with Crippen LogP contribution < -0.4 is 4.74 Å². The monoisotopic (exact) mass is 335 g/mol. The van der Waals surface area contributed by atoms with Crippen LogP contribution in [0.3, 0.4) is 0 Å². The van der Waals surface area contributed by atoms with Gasteiger partial charge in [0, 0.05) is 25.5 Å². The predicted octanol–water partition coefficient (Wildman–Crippen LogP) is 3.35. The van der Waals surface area contributed by atoms with Gasteiger partial charge in [-0.1, -0.05) is 18.2 Å². The van der Waals surface area contributed by atoms with E-state index in [2.05, 4.69) is 16.2 Å². The lowest BCUT2D eigenvalue weighted by molar-refractivity contribution is -0.134. The van der Waals surface area contributed by atoms with Crippen LogP contribution in [-0.2, 0) is 4.79 Å². The first-order valence-corrected chi connectivity index (χ1v) is 8.69. The van der Waals surface area contributed by atoms with Crippen molar-refractivity contribution in [2.45, 2.75) is 18.8 Å². The molecular formula is C20H21N3O2. The van der Waals surface area contributed by atoms with Crippen LogP contribution in [0.1, 0.15) is 24.3 Å². The second kappa shape index (κ2) is 6.97. The molecule has 0 radical (unpaired) electrons. The van der Waals surface area contributed by atoms with Gasteiger partial charge in [0.05, 0.1) is 11.0 Å². The molecular weight excluding hydrogens is 314 g/mol. The minimum Gasteiger partial charge on any atom is -0.484 e. The molecule has 0 aliphatic carbocycles. The van der Waals surface area contributed by atoms with Crippen LogP contribution in [0, 0.1) is 0 Å². The Morgan fingerprint density at radius 2 is 1.96 bits per heavy atom. The maximum absolute atomic E-state index is 12.4. The van der Waals surface area contributed by atoms with Crippen molar-refractivity contribution in [3.8, 4) is 5.75 Å². The van der Waals surface area contributed by atoms with Crippen molar-refractivity contribution < 1.29 is 9.53 Å². The zero-order valence-corrected chi connectivity index (χ0v) is 14.0. The normalized spacial score (nSPS) is 15.4. The Bertz CT molecular complexity index is 852. The number of hydrogen-bond acceptors (Lipinski definition) is 3. The van der Waals surface area contributed by atoms with Crippen LogP contribution in [0.5, 0.6) is 5.75 Å². The van der Waals surface area contributed by atoms with Gasteiger partial charge >= 0.3 is 0 Å². The number of hydrogen-bond donors (Lipinski definition) is 1. The number of amides is 1. The van der Waals surface area contributed by atoms with E-state index in [9.17, 15) is 4.79 Å². The Morgan fingerprint density at radius 1 is 1.16 bits per heavy atom. The fourth-order valence-corrected chi connectivity index (χ4v) is 3.48. The van der Waals surface area contributed by atoms with E-state index in [1.165, 1.54) is 5.56 Å². The summed E-state index contributed by atoms with van der Waals surface area (Å²) >= 11 is 0. The maximum atomic E-state index is 12.4. The molecule has 25 heavy (non-hydrogen) atoms. The smallest absolute Gasteiger partial charge is 0.260 e. The van der Waals surface area contributed by atoms with Gasteiger partial charge in [0.1, 0.15) is 5.75 Å². The van der Waals surface area contributed by atoms with Crippen LogP contribution in [0.25, 0.3) is 11.0 Å². The molecule has 2 aromatic heterocycles. The van der Waals surface area contributed by atoms with Crippen molar-refractivity contribution in [2.75, 3.05) is 19.7 Å². The fourth-order valence-electron chi connectivity index (χ4n) is 3.48. The van der Waals surface area contributed by atoms with E-state index in [0.717, 1.165) is 42.7 Å². The molecule has 5 heteroatoms. The number of ether oxygens (including phenoxy) is 1. The van der Waals surface area contributed by atoms with E-state index >= 15 is 0 Å². The molecule has 0 unspecified atom stereocenters. The molecule has 4 rings (SSSR count). The zero-order valence-electron chi connectivity index (χ0n) is 14.0. The number of pyridine rings is 1. The molecule has 3 aromatic rings. The van der Waals surface area contributed by atoms with Crippen molar-refractivity contribution in [2.24, 2.45) is 0 Å². The number of aromatic nitrogens is 2. The topological polar surface area (TPSA) is 58.2 Å². The Morgan fingerprint density at radius 3 is 2.76 bits per heavy atom. The molecule has 1 amide bonds. The van der Waals surface area contributed by atoms with E-state index in [1.54, 1.807) is 0 Å². The van der Waals surface area contributed by atoms with Gasteiger partial charge in [-0.3, -0.25) is 9.78 Å². The number of carbonyl (C=O) groups is 1. The van der Waals surface area contributed by atoms with Gasteiger partial charge in [0.15, 0.2) is 6.61 Å². The number of piperidine rings is 1. The van der Waals surface area contributed by atoms with E-state index < -0.39 is 0 Å². The number of nitrogens with zero attached hydrogens (tertiary/aromatic N) is 2. The molecule has 1 aromatic carbocycles. The van der Waals surface area contributed by atoms with E-state index in [0.29, 0.717) is 5.92 Å². The number of carbonyl (C=O) groups excluding carboxylic acids is 1. The van der Waals surface area contributed by atoms with Gasteiger partial charge in [-0.2, -0.15) is 0 Å². The summed E-state index contributed by atoms with van der Waals surface area (Å²) < 4.78 is 5.57. The van der Waals surface area contributed by atoms with Gasteiger partial charge < -0.3 is 14.6 Å². The molecule has 5 nitrogen and oxygen atoms in total. The molecule has 0 saturated carbocycles. The number of para-hydroxylation sites is 1. The Labute approximate surface area is 146 Å². The van der Waals surface area contributed by atoms with Crippen molar-refractivity contribution in [3.63, 3.8) is 0 Å². The number of H-pyrrole nitrogens is 1. The van der Waals surface area contributed by atoms with Crippen molar-refractivity contribution in [3.05, 3.63) is 60.4 Å². The van der Waals surface area contributed by atoms with Crippen LogP contribution in [0.2, 0.25) is 0 Å². The molecule has 128 valence electrons. The van der Waals surface area contributed by atoms with Gasteiger partial charge in [-0.15, -0.1) is 0 Å². The summed E-state index contributed by atoms with van der Waals surface area (Å²) in [4.78, 5) is 22.1. The molecule has 1 saturated heterocycles. The summed E-state index contributed by atoms with van der Waals surface area (Å²) in [6, 6.07) is 13.5. The lowest BCUT2D eigenvalue weighted by atomic mass is 9.90. The summed E-state index contributed by atoms with van der Waals surface area (Å²) in [6.45, 7) is 1.63. The van der Waals surface area contributed by atoms with Gasteiger partial charge in [0.2, 0.25) is 0 Å². The Kier molecular flexibility index (Phi) is 4.37.